The summed E-state index contributed by atoms with van der Waals surface area (Å²) in [7, 11) is 1.90. The number of aromatic nitrogens is 2. The zero-order valence-corrected chi connectivity index (χ0v) is 14.7. The molecule has 1 aromatic carbocycles. The SMILES string of the molecule is Cc1nn(CC(=O)N(C)C2CCc3ccccc32)c(C)c1Br. The number of rotatable bonds is 3. The monoisotopic (exact) mass is 361 g/mol. The Morgan fingerprint density at radius 2 is 2.14 bits per heavy atom. The van der Waals surface area contributed by atoms with Crippen molar-refractivity contribution in [2.45, 2.75) is 39.3 Å². The minimum atomic E-state index is 0.0970. The average Bonchev–Trinajstić information content (AvgIpc) is 3.04. The zero-order valence-electron chi connectivity index (χ0n) is 13.1. The summed E-state index contributed by atoms with van der Waals surface area (Å²) in [6, 6.07) is 8.59. The summed E-state index contributed by atoms with van der Waals surface area (Å²) in [5.41, 5.74) is 4.55. The molecule has 22 heavy (non-hydrogen) atoms. The fourth-order valence-corrected chi connectivity index (χ4v) is 3.46. The van der Waals surface area contributed by atoms with Gasteiger partial charge >= 0.3 is 0 Å². The molecule has 3 rings (SSSR count). The number of hydrogen-bond donors (Lipinski definition) is 0. The topological polar surface area (TPSA) is 38.1 Å². The number of likely N-dealkylation sites (N-methyl/N-ethyl adjacent to an activating group) is 1. The fraction of sp³-hybridized carbons (Fsp3) is 0.412. The fourth-order valence-electron chi connectivity index (χ4n) is 3.18. The van der Waals surface area contributed by atoms with Crippen LogP contribution in [0.5, 0.6) is 0 Å². The van der Waals surface area contributed by atoms with E-state index in [2.05, 4.69) is 39.2 Å². The van der Waals surface area contributed by atoms with Gasteiger partial charge in [-0.3, -0.25) is 9.48 Å². The van der Waals surface area contributed by atoms with Crippen LogP contribution in [0.2, 0.25) is 0 Å². The molecule has 0 radical (unpaired) electrons. The molecule has 1 amide bonds. The number of aryl methyl sites for hydroxylation is 2. The van der Waals surface area contributed by atoms with Crippen LogP contribution in [0.3, 0.4) is 0 Å². The van der Waals surface area contributed by atoms with Crippen LogP contribution in [0.1, 0.15) is 35.0 Å². The molecule has 0 N–H and O–H groups in total. The van der Waals surface area contributed by atoms with Crippen molar-refractivity contribution < 1.29 is 4.79 Å². The van der Waals surface area contributed by atoms with Crippen LogP contribution in [0.25, 0.3) is 0 Å². The Balaban J connectivity index is 1.77. The first-order valence-electron chi connectivity index (χ1n) is 7.52. The van der Waals surface area contributed by atoms with Gasteiger partial charge in [-0.2, -0.15) is 5.10 Å². The molecule has 0 spiro atoms. The van der Waals surface area contributed by atoms with E-state index >= 15 is 0 Å². The molecule has 2 aromatic rings. The van der Waals surface area contributed by atoms with Crippen molar-refractivity contribution >= 4 is 21.8 Å². The number of benzene rings is 1. The molecule has 1 heterocycles. The number of nitrogens with zero attached hydrogens (tertiary/aromatic N) is 3. The first-order valence-corrected chi connectivity index (χ1v) is 8.31. The first-order chi connectivity index (χ1) is 10.5. The van der Waals surface area contributed by atoms with E-state index in [-0.39, 0.29) is 18.5 Å². The Morgan fingerprint density at radius 1 is 1.41 bits per heavy atom. The lowest BCUT2D eigenvalue weighted by molar-refractivity contribution is -0.133. The molecule has 0 saturated heterocycles. The second-order valence-electron chi connectivity index (χ2n) is 5.90. The summed E-state index contributed by atoms with van der Waals surface area (Å²) in [6.07, 6.45) is 2.05. The van der Waals surface area contributed by atoms with Gasteiger partial charge in [0.05, 0.1) is 21.9 Å². The molecule has 116 valence electrons. The molecule has 1 aliphatic rings. The maximum Gasteiger partial charge on any atom is 0.244 e. The van der Waals surface area contributed by atoms with E-state index in [1.807, 2.05) is 31.9 Å². The van der Waals surface area contributed by atoms with Crippen molar-refractivity contribution in [2.75, 3.05) is 7.05 Å². The number of hydrogen-bond acceptors (Lipinski definition) is 2. The van der Waals surface area contributed by atoms with Crippen LogP contribution in [0.4, 0.5) is 0 Å². The van der Waals surface area contributed by atoms with Gasteiger partial charge in [-0.05, 0) is 53.7 Å². The number of carbonyl (C=O) groups excluding carboxylic acids is 1. The lowest BCUT2D eigenvalue weighted by Gasteiger charge is -2.25. The van der Waals surface area contributed by atoms with E-state index in [9.17, 15) is 4.79 Å². The third-order valence-electron chi connectivity index (χ3n) is 4.54. The predicted octanol–water partition coefficient (Wildman–Crippen LogP) is 3.41. The van der Waals surface area contributed by atoms with Gasteiger partial charge < -0.3 is 4.90 Å². The Morgan fingerprint density at radius 3 is 2.82 bits per heavy atom. The van der Waals surface area contributed by atoms with Gasteiger partial charge in [-0.15, -0.1) is 0 Å². The Hall–Kier alpha value is -1.62. The third kappa shape index (κ3) is 2.58. The average molecular weight is 362 g/mol. The molecule has 0 fully saturated rings. The summed E-state index contributed by atoms with van der Waals surface area (Å²) in [5.74, 6) is 0.0970. The number of amides is 1. The number of carbonyl (C=O) groups is 1. The summed E-state index contributed by atoms with van der Waals surface area (Å²) in [5, 5.41) is 4.43. The van der Waals surface area contributed by atoms with Gasteiger partial charge in [0, 0.05) is 7.05 Å². The molecule has 4 nitrogen and oxygen atoms in total. The van der Waals surface area contributed by atoms with Crippen molar-refractivity contribution in [3.8, 4) is 0 Å². The van der Waals surface area contributed by atoms with Crippen molar-refractivity contribution in [2.24, 2.45) is 0 Å². The van der Waals surface area contributed by atoms with Gasteiger partial charge in [-0.25, -0.2) is 0 Å². The van der Waals surface area contributed by atoms with E-state index in [0.29, 0.717) is 0 Å². The highest BCUT2D eigenvalue weighted by molar-refractivity contribution is 9.10. The third-order valence-corrected chi connectivity index (χ3v) is 5.69. The molecule has 0 bridgehead atoms. The van der Waals surface area contributed by atoms with Crippen LogP contribution >= 0.6 is 15.9 Å². The molecular weight excluding hydrogens is 342 g/mol. The molecule has 1 unspecified atom stereocenters. The number of halogens is 1. The summed E-state index contributed by atoms with van der Waals surface area (Å²) >= 11 is 3.51. The molecule has 5 heteroatoms. The minimum Gasteiger partial charge on any atom is -0.337 e. The van der Waals surface area contributed by atoms with Crippen molar-refractivity contribution in [3.05, 3.63) is 51.3 Å². The van der Waals surface area contributed by atoms with Crippen LogP contribution in [0.15, 0.2) is 28.7 Å². The molecule has 1 aromatic heterocycles. The van der Waals surface area contributed by atoms with Crippen LogP contribution in [-0.2, 0) is 17.8 Å². The summed E-state index contributed by atoms with van der Waals surface area (Å²) < 4.78 is 2.76. The van der Waals surface area contributed by atoms with E-state index < -0.39 is 0 Å². The molecular formula is C17H20BrN3O. The Labute approximate surface area is 139 Å². The van der Waals surface area contributed by atoms with Gasteiger partial charge in [0.25, 0.3) is 0 Å². The highest BCUT2D eigenvalue weighted by atomic mass is 79.9. The maximum absolute atomic E-state index is 12.6. The minimum absolute atomic E-state index is 0.0970. The molecule has 0 aliphatic heterocycles. The van der Waals surface area contributed by atoms with Gasteiger partial charge in [0.15, 0.2) is 0 Å². The van der Waals surface area contributed by atoms with Crippen LogP contribution in [0, 0.1) is 13.8 Å². The Bertz CT molecular complexity index is 723. The lowest BCUT2D eigenvalue weighted by Crippen LogP contribution is -2.33. The smallest absolute Gasteiger partial charge is 0.244 e. The predicted molar refractivity (Wildman–Crippen MR) is 89.7 cm³/mol. The van der Waals surface area contributed by atoms with Crippen LogP contribution in [-0.4, -0.2) is 27.6 Å². The highest BCUT2D eigenvalue weighted by Gasteiger charge is 2.28. The standard InChI is InChI=1S/C17H20BrN3O/c1-11-17(18)12(2)21(19-11)10-16(22)20(3)15-9-8-13-6-4-5-7-14(13)15/h4-7,15H,8-10H2,1-3H3. The second-order valence-corrected chi connectivity index (χ2v) is 6.69. The van der Waals surface area contributed by atoms with Crippen molar-refractivity contribution in [1.82, 2.24) is 14.7 Å². The Kier molecular flexibility index (Phi) is 4.08. The second kappa shape index (κ2) is 5.88. The lowest BCUT2D eigenvalue weighted by atomic mass is 10.1. The summed E-state index contributed by atoms with van der Waals surface area (Å²) in [4.78, 5) is 14.5. The van der Waals surface area contributed by atoms with E-state index in [0.717, 1.165) is 28.7 Å². The normalized spacial score (nSPS) is 16.6. The highest BCUT2D eigenvalue weighted by Crippen LogP contribution is 2.35. The van der Waals surface area contributed by atoms with Crippen molar-refractivity contribution in [1.29, 1.82) is 0 Å². The largest absolute Gasteiger partial charge is 0.337 e. The molecule has 1 atom stereocenters. The van der Waals surface area contributed by atoms with Gasteiger partial charge in [-0.1, -0.05) is 24.3 Å². The van der Waals surface area contributed by atoms with Gasteiger partial charge in [0.1, 0.15) is 6.54 Å². The van der Waals surface area contributed by atoms with E-state index in [4.69, 9.17) is 0 Å². The quantitative estimate of drug-likeness (QED) is 0.839. The zero-order chi connectivity index (χ0) is 15.9. The number of fused-ring (bicyclic) bond motifs is 1. The molecule has 0 saturated carbocycles. The van der Waals surface area contributed by atoms with E-state index in [1.54, 1.807) is 4.68 Å². The van der Waals surface area contributed by atoms with Gasteiger partial charge in [0.2, 0.25) is 5.91 Å². The molecule has 1 aliphatic carbocycles. The van der Waals surface area contributed by atoms with Crippen molar-refractivity contribution in [3.63, 3.8) is 0 Å². The van der Waals surface area contributed by atoms with E-state index in [1.165, 1.54) is 11.1 Å². The maximum atomic E-state index is 12.6. The summed E-state index contributed by atoms with van der Waals surface area (Å²) in [6.45, 7) is 4.20. The first kappa shape index (κ1) is 15.3. The van der Waals surface area contributed by atoms with Crippen LogP contribution < -0.4 is 0 Å².